The van der Waals surface area contributed by atoms with Gasteiger partial charge in [-0.3, -0.25) is 4.79 Å². The summed E-state index contributed by atoms with van der Waals surface area (Å²) in [4.78, 5) is 12.2. The van der Waals surface area contributed by atoms with Gasteiger partial charge < -0.3 is 5.32 Å². The van der Waals surface area contributed by atoms with E-state index in [2.05, 4.69) is 29.1 Å². The van der Waals surface area contributed by atoms with Crippen LogP contribution >= 0.6 is 11.3 Å². The molecule has 2 rings (SSSR count). The fraction of sp³-hybridized carbons (Fsp3) is 0.615. The molecule has 1 saturated heterocycles. The summed E-state index contributed by atoms with van der Waals surface area (Å²) in [6.45, 7) is 3.11. The fourth-order valence-corrected chi connectivity index (χ4v) is 3.18. The third-order valence-corrected chi connectivity index (χ3v) is 4.33. The van der Waals surface area contributed by atoms with Crippen molar-refractivity contribution in [3.05, 3.63) is 22.4 Å². The van der Waals surface area contributed by atoms with Gasteiger partial charge in [0.05, 0.1) is 5.54 Å². The molecule has 1 fully saturated rings. The summed E-state index contributed by atoms with van der Waals surface area (Å²) in [5, 5.41) is 7.61. The zero-order valence-corrected chi connectivity index (χ0v) is 10.6. The van der Waals surface area contributed by atoms with Crippen molar-refractivity contribution >= 4 is 17.1 Å². The van der Waals surface area contributed by atoms with Crippen LogP contribution in [0.4, 0.5) is 0 Å². The van der Waals surface area contributed by atoms with Crippen LogP contribution < -0.4 is 5.32 Å². The molecule has 1 aliphatic heterocycles. The molecule has 16 heavy (non-hydrogen) atoms. The number of nitrogens with one attached hydrogen (secondary N) is 1. The molecule has 0 saturated carbocycles. The minimum absolute atomic E-state index is 0.198. The van der Waals surface area contributed by atoms with Crippen LogP contribution in [0, 0.1) is 0 Å². The Bertz CT molecular complexity index is 339. The summed E-state index contributed by atoms with van der Waals surface area (Å²) in [5.41, 5.74) is 1.10. The van der Waals surface area contributed by atoms with Gasteiger partial charge >= 0.3 is 0 Å². The Morgan fingerprint density at radius 1 is 1.62 bits per heavy atom. The molecule has 1 unspecified atom stereocenters. The number of hydrogen-bond acceptors (Lipinski definition) is 3. The Labute approximate surface area is 101 Å². The molecule has 1 atom stereocenters. The summed E-state index contributed by atoms with van der Waals surface area (Å²) in [5.74, 6) is 0.402. The van der Waals surface area contributed by atoms with Crippen molar-refractivity contribution < 1.29 is 4.79 Å². The molecule has 0 bridgehead atoms. The van der Waals surface area contributed by atoms with Gasteiger partial charge in [0.15, 0.2) is 5.78 Å². The highest BCUT2D eigenvalue weighted by Gasteiger charge is 2.37. The van der Waals surface area contributed by atoms with Crippen LogP contribution in [0.25, 0.3) is 0 Å². The lowest BCUT2D eigenvalue weighted by atomic mass is 9.86. The Balaban J connectivity index is 1.91. The molecule has 3 heteroatoms. The number of aryl methyl sites for hydroxylation is 1. The summed E-state index contributed by atoms with van der Waals surface area (Å²) < 4.78 is 0. The molecule has 1 aliphatic rings. The maximum absolute atomic E-state index is 12.2. The van der Waals surface area contributed by atoms with Crippen molar-refractivity contribution in [3.63, 3.8) is 0 Å². The van der Waals surface area contributed by atoms with Crippen LogP contribution in [0.3, 0.4) is 0 Å². The van der Waals surface area contributed by atoms with Gasteiger partial charge in [-0.2, -0.15) is 11.3 Å². The van der Waals surface area contributed by atoms with Gasteiger partial charge in [0, 0.05) is 6.42 Å². The highest BCUT2D eigenvalue weighted by Crippen LogP contribution is 2.26. The average Bonchev–Trinajstić information content (AvgIpc) is 2.97. The van der Waals surface area contributed by atoms with Crippen molar-refractivity contribution in [1.82, 2.24) is 5.32 Å². The van der Waals surface area contributed by atoms with Gasteiger partial charge in [0.1, 0.15) is 0 Å². The van der Waals surface area contributed by atoms with Gasteiger partial charge in [0.25, 0.3) is 0 Å². The second-order valence-corrected chi connectivity index (χ2v) is 5.30. The van der Waals surface area contributed by atoms with Crippen LogP contribution in [-0.2, 0) is 11.2 Å². The predicted octanol–water partition coefficient (Wildman–Crippen LogP) is 2.78. The molecule has 1 aromatic heterocycles. The summed E-state index contributed by atoms with van der Waals surface area (Å²) in [7, 11) is 0. The highest BCUT2D eigenvalue weighted by molar-refractivity contribution is 7.07. The molecule has 1 aromatic rings. The topological polar surface area (TPSA) is 29.1 Å². The van der Waals surface area contributed by atoms with Gasteiger partial charge in [-0.05, 0) is 54.6 Å². The summed E-state index contributed by atoms with van der Waals surface area (Å²) in [6.07, 6.45) is 4.66. The molecule has 2 nitrogen and oxygen atoms in total. The van der Waals surface area contributed by atoms with Crippen LogP contribution in [0.5, 0.6) is 0 Å². The smallest absolute Gasteiger partial charge is 0.153 e. The van der Waals surface area contributed by atoms with Crippen molar-refractivity contribution in [2.45, 2.75) is 44.6 Å². The molecule has 1 N–H and O–H groups in total. The maximum Gasteiger partial charge on any atom is 0.153 e. The van der Waals surface area contributed by atoms with Crippen LogP contribution in [-0.4, -0.2) is 17.9 Å². The average molecular weight is 237 g/mol. The van der Waals surface area contributed by atoms with E-state index in [1.807, 2.05) is 0 Å². The molecular weight excluding hydrogens is 218 g/mol. The largest absolute Gasteiger partial charge is 0.305 e. The molecule has 0 aliphatic carbocycles. The third kappa shape index (κ3) is 2.36. The van der Waals surface area contributed by atoms with E-state index < -0.39 is 0 Å². The quantitative estimate of drug-likeness (QED) is 0.853. The Morgan fingerprint density at radius 2 is 2.50 bits per heavy atom. The van der Waals surface area contributed by atoms with Gasteiger partial charge in [-0.25, -0.2) is 0 Å². The van der Waals surface area contributed by atoms with Crippen molar-refractivity contribution in [2.24, 2.45) is 0 Å². The van der Waals surface area contributed by atoms with Gasteiger partial charge in [-0.15, -0.1) is 0 Å². The number of carbonyl (C=O) groups is 1. The SMILES string of the molecule is CCC1(C(=O)CCc2ccsc2)CCCN1. The lowest BCUT2D eigenvalue weighted by Gasteiger charge is -2.26. The molecule has 0 aromatic carbocycles. The molecule has 0 radical (unpaired) electrons. The number of ketones is 1. The minimum atomic E-state index is -0.198. The fourth-order valence-electron chi connectivity index (χ4n) is 2.48. The Morgan fingerprint density at radius 3 is 3.06 bits per heavy atom. The molecule has 0 amide bonds. The van der Waals surface area contributed by atoms with Crippen LogP contribution in [0.1, 0.15) is 38.2 Å². The third-order valence-electron chi connectivity index (χ3n) is 3.60. The number of carbonyl (C=O) groups excluding carboxylic acids is 1. The van der Waals surface area contributed by atoms with E-state index in [4.69, 9.17) is 0 Å². The molecule has 2 heterocycles. The van der Waals surface area contributed by atoms with E-state index in [0.29, 0.717) is 12.2 Å². The van der Waals surface area contributed by atoms with E-state index in [1.165, 1.54) is 5.56 Å². The first-order valence-electron chi connectivity index (χ1n) is 6.06. The predicted molar refractivity (Wildman–Crippen MR) is 67.9 cm³/mol. The Hall–Kier alpha value is -0.670. The van der Waals surface area contributed by atoms with Crippen LogP contribution in [0.2, 0.25) is 0 Å². The second kappa shape index (κ2) is 5.11. The summed E-state index contributed by atoms with van der Waals surface area (Å²) >= 11 is 1.70. The minimum Gasteiger partial charge on any atom is -0.305 e. The lowest BCUT2D eigenvalue weighted by molar-refractivity contribution is -0.125. The first-order chi connectivity index (χ1) is 7.77. The molecule has 0 spiro atoms. The second-order valence-electron chi connectivity index (χ2n) is 4.52. The lowest BCUT2D eigenvalue weighted by Crippen LogP contribution is -2.47. The van der Waals surface area contributed by atoms with E-state index in [9.17, 15) is 4.79 Å². The van der Waals surface area contributed by atoms with E-state index in [-0.39, 0.29) is 5.54 Å². The standard InChI is InChI=1S/C13H19NOS/c1-2-13(7-3-8-14-13)12(15)5-4-11-6-9-16-10-11/h6,9-10,14H,2-5,7-8H2,1H3. The van der Waals surface area contributed by atoms with Crippen molar-refractivity contribution in [1.29, 1.82) is 0 Å². The highest BCUT2D eigenvalue weighted by atomic mass is 32.1. The zero-order chi connectivity index (χ0) is 11.4. The zero-order valence-electron chi connectivity index (χ0n) is 9.79. The number of rotatable bonds is 5. The monoisotopic (exact) mass is 237 g/mol. The first kappa shape index (κ1) is 11.8. The van der Waals surface area contributed by atoms with Crippen molar-refractivity contribution in [3.8, 4) is 0 Å². The van der Waals surface area contributed by atoms with E-state index in [1.54, 1.807) is 11.3 Å². The molecule has 88 valence electrons. The number of Topliss-reactive ketones (excluding diaryl/α,β-unsaturated/α-hetero) is 1. The van der Waals surface area contributed by atoms with E-state index in [0.717, 1.165) is 32.2 Å². The first-order valence-corrected chi connectivity index (χ1v) is 7.00. The van der Waals surface area contributed by atoms with Gasteiger partial charge in [-0.1, -0.05) is 6.92 Å². The van der Waals surface area contributed by atoms with Crippen molar-refractivity contribution in [2.75, 3.05) is 6.54 Å². The normalized spacial score (nSPS) is 24.8. The van der Waals surface area contributed by atoms with Crippen LogP contribution in [0.15, 0.2) is 16.8 Å². The molecular formula is C13H19NOS. The Kier molecular flexibility index (Phi) is 3.77. The maximum atomic E-state index is 12.2. The number of hydrogen-bond donors (Lipinski definition) is 1. The van der Waals surface area contributed by atoms with E-state index >= 15 is 0 Å². The van der Waals surface area contributed by atoms with Gasteiger partial charge in [0.2, 0.25) is 0 Å². The number of thiophene rings is 1. The summed E-state index contributed by atoms with van der Waals surface area (Å²) in [6, 6.07) is 2.11.